The van der Waals surface area contributed by atoms with Crippen LogP contribution in [-0.2, 0) is 14.3 Å². The van der Waals surface area contributed by atoms with Crippen molar-refractivity contribution in [1.82, 2.24) is 4.57 Å². The van der Waals surface area contributed by atoms with Crippen LogP contribution in [0.2, 0.25) is 5.02 Å². The van der Waals surface area contributed by atoms with E-state index in [4.69, 9.17) is 25.8 Å². The van der Waals surface area contributed by atoms with Gasteiger partial charge in [-0.3, -0.25) is 9.36 Å². The Balaban J connectivity index is 1.77. The van der Waals surface area contributed by atoms with E-state index in [1.54, 1.807) is 35.8 Å². The fourth-order valence-electron chi connectivity index (χ4n) is 3.91. The molecule has 37 heavy (non-hydrogen) atoms. The van der Waals surface area contributed by atoms with Crippen LogP contribution >= 0.6 is 22.9 Å². The van der Waals surface area contributed by atoms with Crippen molar-refractivity contribution < 1.29 is 19.0 Å². The van der Waals surface area contributed by atoms with Gasteiger partial charge in [-0.2, -0.15) is 0 Å². The summed E-state index contributed by atoms with van der Waals surface area (Å²) in [4.78, 5) is 31.9. The highest BCUT2D eigenvalue weighted by atomic mass is 35.5. The minimum absolute atomic E-state index is 0.0980. The topological polar surface area (TPSA) is 79.1 Å². The average molecular weight is 541 g/mol. The summed E-state index contributed by atoms with van der Waals surface area (Å²) < 4.78 is 18.3. The van der Waals surface area contributed by atoms with Crippen molar-refractivity contribution in [1.29, 1.82) is 0 Å². The second-order valence-electron chi connectivity index (χ2n) is 9.04. The highest BCUT2D eigenvalue weighted by molar-refractivity contribution is 7.07. The smallest absolute Gasteiger partial charge is 0.338 e. The van der Waals surface area contributed by atoms with E-state index in [1.807, 2.05) is 30.3 Å². The quantitative estimate of drug-likeness (QED) is 0.301. The number of methoxy groups -OCH3 is 1. The Labute approximate surface area is 224 Å². The molecule has 0 N–H and O–H groups in total. The van der Waals surface area contributed by atoms with Crippen LogP contribution in [0.25, 0.3) is 6.08 Å². The Kier molecular flexibility index (Phi) is 8.63. The Morgan fingerprint density at radius 3 is 2.49 bits per heavy atom. The highest BCUT2D eigenvalue weighted by Crippen LogP contribution is 2.31. The van der Waals surface area contributed by atoms with E-state index in [0.717, 1.165) is 16.9 Å². The van der Waals surface area contributed by atoms with Crippen molar-refractivity contribution in [2.75, 3.05) is 26.9 Å². The molecule has 2 aromatic carbocycles. The summed E-state index contributed by atoms with van der Waals surface area (Å²) in [5, 5.41) is 0.557. The molecule has 0 spiro atoms. The third-order valence-corrected chi connectivity index (χ3v) is 6.94. The molecule has 4 rings (SSSR count). The van der Waals surface area contributed by atoms with E-state index < -0.39 is 12.0 Å². The molecule has 1 aliphatic rings. The van der Waals surface area contributed by atoms with Crippen LogP contribution in [0, 0.1) is 5.92 Å². The number of thiazole rings is 1. The number of fused-ring (bicyclic) bond motifs is 1. The van der Waals surface area contributed by atoms with Gasteiger partial charge in [0.15, 0.2) is 4.80 Å². The first-order chi connectivity index (χ1) is 17.8. The monoisotopic (exact) mass is 540 g/mol. The lowest BCUT2D eigenvalue weighted by Crippen LogP contribution is -2.40. The number of halogens is 1. The molecule has 2 heterocycles. The number of rotatable bonds is 9. The molecule has 0 saturated heterocycles. The van der Waals surface area contributed by atoms with Gasteiger partial charge in [-0.15, -0.1) is 0 Å². The van der Waals surface area contributed by atoms with Gasteiger partial charge in [-0.1, -0.05) is 61.1 Å². The first-order valence-electron chi connectivity index (χ1n) is 12.0. The molecule has 0 bridgehead atoms. The summed E-state index contributed by atoms with van der Waals surface area (Å²) in [6.45, 7) is 6.95. The standard InChI is InChI=1S/C28H29ClN2O5S/c1-17(2)16-36-22-11-5-19(6-12-22)15-23-26(32)31-25(20-7-9-21(29)10-8-20)24(18(3)30-28(31)37-23)27(33)35-14-13-34-4/h5-12,15,17,25H,13-14,16H2,1-4H3. The molecule has 1 atom stereocenters. The molecule has 1 aromatic heterocycles. The van der Waals surface area contributed by atoms with Gasteiger partial charge in [0.1, 0.15) is 12.4 Å². The van der Waals surface area contributed by atoms with E-state index >= 15 is 0 Å². The van der Waals surface area contributed by atoms with Gasteiger partial charge in [0.25, 0.3) is 5.56 Å². The number of carbonyl (C=O) groups excluding carboxylic acids is 1. The molecular formula is C28H29ClN2O5S. The highest BCUT2D eigenvalue weighted by Gasteiger charge is 2.33. The van der Waals surface area contributed by atoms with E-state index in [0.29, 0.717) is 38.2 Å². The minimum Gasteiger partial charge on any atom is -0.493 e. The first-order valence-corrected chi connectivity index (χ1v) is 13.1. The lowest BCUT2D eigenvalue weighted by Gasteiger charge is -2.24. The Bertz CT molecular complexity index is 1470. The van der Waals surface area contributed by atoms with Crippen molar-refractivity contribution in [2.45, 2.75) is 26.8 Å². The molecule has 0 radical (unpaired) electrons. The number of hydrogen-bond donors (Lipinski definition) is 0. The molecule has 1 aliphatic heterocycles. The summed E-state index contributed by atoms with van der Waals surface area (Å²) in [7, 11) is 1.53. The van der Waals surface area contributed by atoms with Gasteiger partial charge in [0.05, 0.1) is 35.1 Å². The maximum absolute atomic E-state index is 13.7. The minimum atomic E-state index is -0.697. The maximum Gasteiger partial charge on any atom is 0.338 e. The van der Waals surface area contributed by atoms with Crippen molar-refractivity contribution in [2.24, 2.45) is 10.9 Å². The fourth-order valence-corrected chi connectivity index (χ4v) is 5.09. The lowest BCUT2D eigenvalue weighted by molar-refractivity contribution is -0.140. The van der Waals surface area contributed by atoms with Crippen molar-refractivity contribution in [3.05, 3.63) is 95.6 Å². The van der Waals surface area contributed by atoms with Crippen LogP contribution in [-0.4, -0.2) is 37.5 Å². The predicted octanol–water partition coefficient (Wildman–Crippen LogP) is 4.11. The Morgan fingerprint density at radius 2 is 1.84 bits per heavy atom. The SMILES string of the molecule is COCCOC(=O)C1=C(C)N=c2sc(=Cc3ccc(OCC(C)C)cc3)c(=O)n2C1c1ccc(Cl)cc1. The summed E-state index contributed by atoms with van der Waals surface area (Å²) in [6.07, 6.45) is 1.82. The second kappa shape index (κ2) is 11.9. The zero-order chi connectivity index (χ0) is 26.5. The van der Waals surface area contributed by atoms with E-state index in [2.05, 4.69) is 18.8 Å². The number of esters is 1. The molecule has 0 amide bonds. The molecule has 0 saturated carbocycles. The number of benzene rings is 2. The molecule has 9 heteroatoms. The van der Waals surface area contributed by atoms with Gasteiger partial charge in [-0.25, -0.2) is 9.79 Å². The average Bonchev–Trinajstić information content (AvgIpc) is 3.17. The third-order valence-electron chi connectivity index (χ3n) is 5.71. The van der Waals surface area contributed by atoms with Crippen LogP contribution in [0.3, 0.4) is 0 Å². The van der Waals surface area contributed by atoms with Gasteiger partial charge >= 0.3 is 5.97 Å². The normalized spacial score (nSPS) is 15.5. The van der Waals surface area contributed by atoms with Crippen molar-refractivity contribution in [3.8, 4) is 5.75 Å². The van der Waals surface area contributed by atoms with Crippen molar-refractivity contribution >= 4 is 35.0 Å². The van der Waals surface area contributed by atoms with E-state index in [1.165, 1.54) is 18.4 Å². The van der Waals surface area contributed by atoms with Crippen LogP contribution < -0.4 is 19.6 Å². The van der Waals surface area contributed by atoms with E-state index in [9.17, 15) is 9.59 Å². The number of hydrogen-bond acceptors (Lipinski definition) is 7. The van der Waals surface area contributed by atoms with Gasteiger partial charge in [0, 0.05) is 12.1 Å². The number of ether oxygens (including phenoxy) is 3. The molecule has 0 fully saturated rings. The van der Waals surface area contributed by atoms with Crippen molar-refractivity contribution in [3.63, 3.8) is 0 Å². The second-order valence-corrected chi connectivity index (χ2v) is 10.5. The molecule has 3 aromatic rings. The van der Waals surface area contributed by atoms with Crippen LogP contribution in [0.15, 0.2) is 69.6 Å². The van der Waals surface area contributed by atoms with Gasteiger partial charge in [0.2, 0.25) is 0 Å². The first kappa shape index (κ1) is 26.9. The fraction of sp³-hybridized carbons (Fsp3) is 0.321. The molecule has 7 nitrogen and oxygen atoms in total. The predicted molar refractivity (Wildman–Crippen MR) is 145 cm³/mol. The summed E-state index contributed by atoms with van der Waals surface area (Å²) in [5.41, 5.74) is 2.17. The van der Waals surface area contributed by atoms with Crippen LogP contribution in [0.5, 0.6) is 5.75 Å². The molecular weight excluding hydrogens is 512 g/mol. The molecule has 194 valence electrons. The van der Waals surface area contributed by atoms with Gasteiger partial charge in [-0.05, 0) is 54.3 Å². The van der Waals surface area contributed by atoms with Crippen LogP contribution in [0.4, 0.5) is 0 Å². The molecule has 0 aliphatic carbocycles. The van der Waals surface area contributed by atoms with E-state index in [-0.39, 0.29) is 18.8 Å². The number of nitrogens with zero attached hydrogens (tertiary/aromatic N) is 2. The largest absolute Gasteiger partial charge is 0.493 e. The summed E-state index contributed by atoms with van der Waals surface area (Å²) >= 11 is 7.40. The van der Waals surface area contributed by atoms with Gasteiger partial charge < -0.3 is 14.2 Å². The number of carbonyl (C=O) groups is 1. The molecule has 1 unspecified atom stereocenters. The zero-order valence-corrected chi connectivity index (χ0v) is 22.8. The Hall–Kier alpha value is -3.20. The maximum atomic E-state index is 13.7. The summed E-state index contributed by atoms with van der Waals surface area (Å²) in [6, 6.07) is 14.0. The van der Waals surface area contributed by atoms with Crippen LogP contribution in [0.1, 0.15) is 37.9 Å². The number of allylic oxidation sites excluding steroid dienone is 1. The lowest BCUT2D eigenvalue weighted by atomic mass is 9.96. The Morgan fingerprint density at radius 1 is 1.14 bits per heavy atom. The third kappa shape index (κ3) is 6.21. The zero-order valence-electron chi connectivity index (χ0n) is 21.2. The summed E-state index contributed by atoms with van der Waals surface area (Å²) in [5.74, 6) is 0.673. The number of aromatic nitrogens is 1.